The summed E-state index contributed by atoms with van der Waals surface area (Å²) in [4.78, 5) is 2.40. The molecule has 0 N–H and O–H groups in total. The molecule has 0 saturated carbocycles. The molecule has 0 bridgehead atoms. The number of aryl methyl sites for hydroxylation is 1. The maximum Gasteiger partial charge on any atom is 0.165 e. The average Bonchev–Trinajstić information content (AvgIpc) is 2.43. The zero-order valence-electron chi connectivity index (χ0n) is 11.8. The summed E-state index contributed by atoms with van der Waals surface area (Å²) in [6.45, 7) is 5.88. The first kappa shape index (κ1) is 14.3. The average molecular weight is 265 g/mol. The predicted molar refractivity (Wildman–Crippen MR) is 76.2 cm³/mol. The van der Waals surface area contributed by atoms with Gasteiger partial charge >= 0.3 is 0 Å². The topological polar surface area (TPSA) is 12.5 Å². The second-order valence-electron chi connectivity index (χ2n) is 5.27. The fourth-order valence-electron chi connectivity index (χ4n) is 2.57. The van der Waals surface area contributed by atoms with Gasteiger partial charge in [-0.25, -0.2) is 4.39 Å². The van der Waals surface area contributed by atoms with Crippen molar-refractivity contribution < 1.29 is 9.13 Å². The number of rotatable bonds is 6. The quantitative estimate of drug-likeness (QED) is 0.778. The van der Waals surface area contributed by atoms with Gasteiger partial charge in [0.2, 0.25) is 0 Å². The normalized spacial score (nSPS) is 16.5. The molecular formula is C16H24FNO. The number of likely N-dealkylation sites (tertiary alicyclic amines) is 1. The monoisotopic (exact) mass is 265 g/mol. The Hall–Kier alpha value is -1.09. The van der Waals surface area contributed by atoms with Gasteiger partial charge in [-0.05, 0) is 50.0 Å². The third kappa shape index (κ3) is 4.50. The predicted octanol–water partition coefficient (Wildman–Crippen LogP) is 3.64. The lowest BCUT2D eigenvalue weighted by Gasteiger charge is -2.26. The first-order valence-corrected chi connectivity index (χ1v) is 7.43. The van der Waals surface area contributed by atoms with Gasteiger partial charge in [-0.2, -0.15) is 0 Å². The van der Waals surface area contributed by atoms with Crippen molar-refractivity contribution in [3.8, 4) is 5.75 Å². The number of nitrogens with zero attached hydrogens (tertiary/aromatic N) is 1. The molecule has 1 aromatic carbocycles. The molecule has 1 aliphatic heterocycles. The lowest BCUT2D eigenvalue weighted by atomic mass is 10.1. The van der Waals surface area contributed by atoms with Gasteiger partial charge in [0.05, 0.1) is 0 Å². The molecule has 0 radical (unpaired) electrons. The number of hydrogen-bond acceptors (Lipinski definition) is 2. The van der Waals surface area contributed by atoms with E-state index >= 15 is 0 Å². The molecule has 0 aliphatic carbocycles. The van der Waals surface area contributed by atoms with Gasteiger partial charge < -0.3 is 4.74 Å². The van der Waals surface area contributed by atoms with E-state index in [9.17, 15) is 4.39 Å². The number of benzene rings is 1. The largest absolute Gasteiger partial charge is 0.489 e. The molecule has 1 aliphatic rings. The van der Waals surface area contributed by atoms with Crippen LogP contribution in [0.25, 0.3) is 0 Å². The Bertz CT molecular complexity index is 388. The van der Waals surface area contributed by atoms with Crippen molar-refractivity contribution in [3.05, 3.63) is 29.6 Å². The van der Waals surface area contributed by atoms with Gasteiger partial charge in [0.15, 0.2) is 11.6 Å². The summed E-state index contributed by atoms with van der Waals surface area (Å²) < 4.78 is 19.4. The molecule has 106 valence electrons. The molecule has 3 heteroatoms. The van der Waals surface area contributed by atoms with Crippen LogP contribution in [0.5, 0.6) is 5.75 Å². The smallest absolute Gasteiger partial charge is 0.165 e. The highest BCUT2D eigenvalue weighted by atomic mass is 19.1. The van der Waals surface area contributed by atoms with Gasteiger partial charge in [-0.1, -0.05) is 25.8 Å². The molecule has 19 heavy (non-hydrogen) atoms. The van der Waals surface area contributed by atoms with Gasteiger partial charge in [0.25, 0.3) is 0 Å². The zero-order chi connectivity index (χ0) is 13.5. The fraction of sp³-hybridized carbons (Fsp3) is 0.625. The molecule has 2 rings (SSSR count). The molecule has 0 unspecified atom stereocenters. The highest BCUT2D eigenvalue weighted by Gasteiger charge is 2.10. The Morgan fingerprint density at radius 1 is 1.21 bits per heavy atom. The standard InChI is InChI=1S/C16H24FNO/c1-2-6-14-7-8-16(15(17)13-14)19-12-11-18-9-4-3-5-10-18/h7-8,13H,2-6,9-12H2,1H3. The summed E-state index contributed by atoms with van der Waals surface area (Å²) in [5.74, 6) is 0.154. The van der Waals surface area contributed by atoms with E-state index in [0.717, 1.165) is 38.0 Å². The molecule has 1 aromatic rings. The summed E-state index contributed by atoms with van der Waals surface area (Å²) in [7, 11) is 0. The molecule has 0 amide bonds. The Morgan fingerprint density at radius 3 is 2.68 bits per heavy atom. The first-order valence-electron chi connectivity index (χ1n) is 7.43. The number of hydrogen-bond donors (Lipinski definition) is 0. The van der Waals surface area contributed by atoms with Gasteiger partial charge in [0.1, 0.15) is 6.61 Å². The van der Waals surface area contributed by atoms with E-state index < -0.39 is 0 Å². The second-order valence-corrected chi connectivity index (χ2v) is 5.27. The number of halogens is 1. The van der Waals surface area contributed by atoms with E-state index in [2.05, 4.69) is 11.8 Å². The maximum absolute atomic E-state index is 13.8. The summed E-state index contributed by atoms with van der Waals surface area (Å²) in [6, 6.07) is 5.32. The molecule has 0 atom stereocenters. The van der Waals surface area contributed by atoms with E-state index in [4.69, 9.17) is 4.74 Å². The first-order chi connectivity index (χ1) is 9.29. The molecular weight excluding hydrogens is 241 g/mol. The van der Waals surface area contributed by atoms with Crippen LogP contribution in [0.3, 0.4) is 0 Å². The molecule has 2 nitrogen and oxygen atoms in total. The second kappa shape index (κ2) is 7.49. The van der Waals surface area contributed by atoms with Crippen LogP contribution in [0, 0.1) is 5.82 Å². The number of ether oxygens (including phenoxy) is 1. The molecule has 0 aromatic heterocycles. The van der Waals surface area contributed by atoms with Crippen molar-refractivity contribution in [1.29, 1.82) is 0 Å². The molecule has 1 heterocycles. The molecule has 1 fully saturated rings. The Morgan fingerprint density at radius 2 is 2.00 bits per heavy atom. The van der Waals surface area contributed by atoms with Crippen molar-refractivity contribution >= 4 is 0 Å². The Labute approximate surface area is 115 Å². The Kier molecular flexibility index (Phi) is 5.64. The summed E-state index contributed by atoms with van der Waals surface area (Å²) >= 11 is 0. The minimum Gasteiger partial charge on any atom is -0.489 e. The van der Waals surface area contributed by atoms with Crippen molar-refractivity contribution in [2.75, 3.05) is 26.2 Å². The van der Waals surface area contributed by atoms with Crippen molar-refractivity contribution in [1.82, 2.24) is 4.90 Å². The third-order valence-electron chi connectivity index (χ3n) is 3.65. The van der Waals surface area contributed by atoms with Crippen molar-refractivity contribution in [2.45, 2.75) is 39.0 Å². The maximum atomic E-state index is 13.8. The van der Waals surface area contributed by atoms with E-state index in [-0.39, 0.29) is 5.82 Å². The van der Waals surface area contributed by atoms with Crippen LogP contribution in [0.4, 0.5) is 4.39 Å². The fourth-order valence-corrected chi connectivity index (χ4v) is 2.57. The lowest BCUT2D eigenvalue weighted by molar-refractivity contribution is 0.180. The van der Waals surface area contributed by atoms with Crippen LogP contribution in [0.2, 0.25) is 0 Å². The van der Waals surface area contributed by atoms with Gasteiger partial charge in [0, 0.05) is 6.54 Å². The highest BCUT2D eigenvalue weighted by Crippen LogP contribution is 2.19. The van der Waals surface area contributed by atoms with Crippen molar-refractivity contribution in [2.24, 2.45) is 0 Å². The van der Waals surface area contributed by atoms with Crippen molar-refractivity contribution in [3.63, 3.8) is 0 Å². The number of piperidine rings is 1. The minimum absolute atomic E-state index is 0.232. The SMILES string of the molecule is CCCc1ccc(OCCN2CCCCC2)c(F)c1. The summed E-state index contributed by atoms with van der Waals surface area (Å²) in [5, 5.41) is 0. The summed E-state index contributed by atoms with van der Waals surface area (Å²) in [5.41, 5.74) is 1.04. The Balaban J connectivity index is 1.78. The molecule has 0 spiro atoms. The van der Waals surface area contributed by atoms with Gasteiger partial charge in [-0.15, -0.1) is 0 Å². The van der Waals surface area contributed by atoms with Gasteiger partial charge in [-0.3, -0.25) is 4.90 Å². The van der Waals surface area contributed by atoms with Crippen LogP contribution < -0.4 is 4.74 Å². The summed E-state index contributed by atoms with van der Waals surface area (Å²) in [6.07, 6.45) is 5.85. The van der Waals surface area contributed by atoms with E-state index in [1.165, 1.54) is 19.3 Å². The lowest BCUT2D eigenvalue weighted by Crippen LogP contribution is -2.33. The van der Waals surface area contributed by atoms with Crippen LogP contribution in [0.15, 0.2) is 18.2 Å². The van der Waals surface area contributed by atoms with E-state index in [1.807, 2.05) is 6.07 Å². The van der Waals surface area contributed by atoms with E-state index in [1.54, 1.807) is 12.1 Å². The highest BCUT2D eigenvalue weighted by molar-refractivity contribution is 5.29. The zero-order valence-corrected chi connectivity index (χ0v) is 11.8. The van der Waals surface area contributed by atoms with Crippen LogP contribution >= 0.6 is 0 Å². The third-order valence-corrected chi connectivity index (χ3v) is 3.65. The van der Waals surface area contributed by atoms with E-state index in [0.29, 0.717) is 12.4 Å². The minimum atomic E-state index is -0.232. The van der Waals surface area contributed by atoms with Crippen LogP contribution in [-0.4, -0.2) is 31.1 Å². The van der Waals surface area contributed by atoms with Crippen LogP contribution in [0.1, 0.15) is 38.2 Å². The molecule has 1 saturated heterocycles. The van der Waals surface area contributed by atoms with Crippen LogP contribution in [-0.2, 0) is 6.42 Å².